The van der Waals surface area contributed by atoms with Crippen LogP contribution in [0.25, 0.3) is 10.8 Å². The van der Waals surface area contributed by atoms with Gasteiger partial charge in [-0.15, -0.1) is 0 Å². The molecule has 1 atom stereocenters. The van der Waals surface area contributed by atoms with Crippen molar-refractivity contribution < 1.29 is 14.3 Å². The Morgan fingerprint density at radius 2 is 1.79 bits per heavy atom. The summed E-state index contributed by atoms with van der Waals surface area (Å²) in [6.45, 7) is 1.79. The van der Waals surface area contributed by atoms with E-state index in [0.29, 0.717) is 11.5 Å². The zero-order chi connectivity index (χ0) is 19.9. The van der Waals surface area contributed by atoms with Gasteiger partial charge in [0.25, 0.3) is 5.91 Å². The Balaban J connectivity index is 1.61. The van der Waals surface area contributed by atoms with Gasteiger partial charge in [0, 0.05) is 17.3 Å². The van der Waals surface area contributed by atoms with E-state index in [9.17, 15) is 4.79 Å². The maximum Gasteiger partial charge on any atom is 0.262 e. The zero-order valence-electron chi connectivity index (χ0n) is 16.1. The monoisotopic (exact) mass is 377 g/mol. The molecular weight excluding hydrogens is 354 g/mol. The van der Waals surface area contributed by atoms with Gasteiger partial charge in [0.2, 0.25) is 0 Å². The third-order valence-corrected chi connectivity index (χ3v) is 4.34. The first kappa shape index (κ1) is 19.2. The van der Waals surface area contributed by atoms with E-state index < -0.39 is 6.04 Å². The van der Waals surface area contributed by atoms with Gasteiger partial charge in [-0.05, 0) is 42.0 Å². The van der Waals surface area contributed by atoms with Gasteiger partial charge in [-0.2, -0.15) is 5.10 Å². The number of hydrogen-bond acceptors (Lipinski definition) is 5. The van der Waals surface area contributed by atoms with Gasteiger partial charge in [-0.3, -0.25) is 4.79 Å². The first-order valence-electron chi connectivity index (χ1n) is 8.91. The van der Waals surface area contributed by atoms with E-state index in [-0.39, 0.29) is 5.91 Å². The summed E-state index contributed by atoms with van der Waals surface area (Å²) in [6, 6.07) is 19.0. The molecule has 6 heteroatoms. The highest BCUT2D eigenvalue weighted by Crippen LogP contribution is 2.23. The molecule has 6 nitrogen and oxygen atoms in total. The van der Waals surface area contributed by atoms with E-state index in [4.69, 9.17) is 9.47 Å². The molecule has 0 spiro atoms. The molecule has 0 aliphatic heterocycles. The smallest absolute Gasteiger partial charge is 0.262 e. The lowest BCUT2D eigenvalue weighted by Gasteiger charge is -2.14. The highest BCUT2D eigenvalue weighted by Gasteiger charge is 2.12. The Morgan fingerprint density at radius 3 is 2.54 bits per heavy atom. The maximum absolute atomic E-state index is 12.3. The van der Waals surface area contributed by atoms with Gasteiger partial charge in [-0.1, -0.05) is 30.3 Å². The third-order valence-electron chi connectivity index (χ3n) is 4.34. The van der Waals surface area contributed by atoms with E-state index in [1.54, 1.807) is 39.5 Å². The maximum atomic E-state index is 12.3. The number of nitrogens with zero attached hydrogens (tertiary/aromatic N) is 1. The lowest BCUT2D eigenvalue weighted by atomic mass is 10.1. The van der Waals surface area contributed by atoms with Crippen molar-refractivity contribution in [1.29, 1.82) is 0 Å². The van der Waals surface area contributed by atoms with Crippen LogP contribution in [0.2, 0.25) is 0 Å². The summed E-state index contributed by atoms with van der Waals surface area (Å²) in [5.74, 6) is 1.06. The molecule has 0 aromatic heterocycles. The summed E-state index contributed by atoms with van der Waals surface area (Å²) in [5.41, 5.74) is 4.16. The number of carbonyl (C=O) groups is 1. The van der Waals surface area contributed by atoms with Gasteiger partial charge < -0.3 is 14.8 Å². The van der Waals surface area contributed by atoms with Crippen LogP contribution in [0.5, 0.6) is 11.5 Å². The molecule has 0 saturated carbocycles. The second-order valence-electron chi connectivity index (χ2n) is 6.27. The van der Waals surface area contributed by atoms with Crippen LogP contribution in [0.4, 0.5) is 5.69 Å². The minimum Gasteiger partial charge on any atom is -0.497 e. The molecule has 0 bridgehead atoms. The van der Waals surface area contributed by atoms with Gasteiger partial charge in [0.1, 0.15) is 17.5 Å². The number of fused-ring (bicyclic) bond motifs is 1. The van der Waals surface area contributed by atoms with E-state index in [0.717, 1.165) is 22.0 Å². The summed E-state index contributed by atoms with van der Waals surface area (Å²) < 4.78 is 10.5. The van der Waals surface area contributed by atoms with E-state index in [1.165, 1.54) is 0 Å². The molecule has 0 aliphatic rings. The minimum absolute atomic E-state index is 0.239. The molecule has 1 amide bonds. The molecule has 2 N–H and O–H groups in total. The van der Waals surface area contributed by atoms with E-state index in [2.05, 4.69) is 21.9 Å². The predicted molar refractivity (Wildman–Crippen MR) is 112 cm³/mol. The van der Waals surface area contributed by atoms with Crippen molar-refractivity contribution in [2.24, 2.45) is 5.10 Å². The zero-order valence-corrected chi connectivity index (χ0v) is 16.1. The van der Waals surface area contributed by atoms with Crippen LogP contribution in [0.1, 0.15) is 12.5 Å². The quantitative estimate of drug-likeness (QED) is 0.485. The molecule has 0 unspecified atom stereocenters. The largest absolute Gasteiger partial charge is 0.497 e. The van der Waals surface area contributed by atoms with Crippen molar-refractivity contribution in [3.05, 3.63) is 66.2 Å². The first-order valence-corrected chi connectivity index (χ1v) is 8.91. The van der Waals surface area contributed by atoms with Crippen molar-refractivity contribution in [3.63, 3.8) is 0 Å². The Hall–Kier alpha value is -3.54. The lowest BCUT2D eigenvalue weighted by Crippen LogP contribution is -2.34. The molecule has 0 heterocycles. The van der Waals surface area contributed by atoms with E-state index >= 15 is 0 Å². The van der Waals surface area contributed by atoms with Crippen molar-refractivity contribution in [2.75, 3.05) is 19.5 Å². The number of hydrogen-bond donors (Lipinski definition) is 2. The van der Waals surface area contributed by atoms with Gasteiger partial charge in [0.15, 0.2) is 0 Å². The van der Waals surface area contributed by atoms with Crippen LogP contribution in [0.15, 0.2) is 65.8 Å². The Kier molecular flexibility index (Phi) is 6.11. The molecule has 3 aromatic carbocycles. The van der Waals surface area contributed by atoms with Gasteiger partial charge in [0.05, 0.1) is 20.4 Å². The van der Waals surface area contributed by atoms with Gasteiger partial charge in [-0.25, -0.2) is 5.43 Å². The van der Waals surface area contributed by atoms with Crippen LogP contribution < -0.4 is 20.2 Å². The highest BCUT2D eigenvalue weighted by molar-refractivity contribution is 5.89. The third kappa shape index (κ3) is 4.59. The molecule has 144 valence electrons. The number of amides is 1. The number of rotatable bonds is 7. The fourth-order valence-electron chi connectivity index (χ4n) is 2.78. The Bertz CT molecular complexity index is 1000. The van der Waals surface area contributed by atoms with Crippen molar-refractivity contribution in [1.82, 2.24) is 5.43 Å². The summed E-state index contributed by atoms with van der Waals surface area (Å²) in [4.78, 5) is 12.3. The van der Waals surface area contributed by atoms with Crippen LogP contribution in [-0.4, -0.2) is 32.4 Å². The SMILES string of the molecule is COc1ccc(/C=N\NC(=O)[C@H](C)Nc2ccc3ccccc3c2)c(OC)c1. The highest BCUT2D eigenvalue weighted by atomic mass is 16.5. The number of nitrogens with one attached hydrogen (secondary N) is 2. The van der Waals surface area contributed by atoms with Crippen molar-refractivity contribution in [3.8, 4) is 11.5 Å². The minimum atomic E-state index is -0.448. The molecule has 0 saturated heterocycles. The summed E-state index contributed by atoms with van der Waals surface area (Å²) >= 11 is 0. The molecule has 28 heavy (non-hydrogen) atoms. The van der Waals surface area contributed by atoms with Crippen LogP contribution >= 0.6 is 0 Å². The number of carbonyl (C=O) groups excluding carboxylic acids is 1. The molecule has 0 radical (unpaired) electrons. The number of methoxy groups -OCH3 is 2. The summed E-state index contributed by atoms with van der Waals surface area (Å²) in [6.07, 6.45) is 1.54. The van der Waals surface area contributed by atoms with Crippen LogP contribution in [-0.2, 0) is 4.79 Å². The fraction of sp³-hybridized carbons (Fsp3) is 0.182. The molecule has 0 aliphatic carbocycles. The number of ether oxygens (including phenoxy) is 2. The molecule has 0 fully saturated rings. The molecule has 3 aromatic rings. The molecule has 3 rings (SSSR count). The Labute approximate surface area is 164 Å². The summed E-state index contributed by atoms with van der Waals surface area (Å²) in [5, 5.41) is 9.50. The second kappa shape index (κ2) is 8.90. The summed E-state index contributed by atoms with van der Waals surface area (Å²) in [7, 11) is 3.16. The average molecular weight is 377 g/mol. The average Bonchev–Trinajstić information content (AvgIpc) is 2.73. The van der Waals surface area contributed by atoms with Crippen molar-refractivity contribution in [2.45, 2.75) is 13.0 Å². The number of hydrazone groups is 1. The van der Waals surface area contributed by atoms with E-state index in [1.807, 2.05) is 42.5 Å². The first-order chi connectivity index (χ1) is 13.6. The van der Waals surface area contributed by atoms with Crippen molar-refractivity contribution >= 4 is 28.6 Å². The number of benzene rings is 3. The van der Waals surface area contributed by atoms with Crippen LogP contribution in [0, 0.1) is 0 Å². The second-order valence-corrected chi connectivity index (χ2v) is 6.27. The molecular formula is C22H23N3O3. The standard InChI is InChI=1S/C22H23N3O3/c1-15(24-19-10-8-16-6-4-5-7-17(16)12-19)22(26)25-23-14-18-9-11-20(27-2)13-21(18)28-3/h4-15,24H,1-3H3,(H,25,26)/b23-14-/t15-/m0/s1. The predicted octanol–water partition coefficient (Wildman–Crippen LogP) is 3.81. The fourth-order valence-corrected chi connectivity index (χ4v) is 2.78. The Morgan fingerprint density at radius 1 is 1.00 bits per heavy atom. The normalized spacial score (nSPS) is 12.0. The topological polar surface area (TPSA) is 72.0 Å². The number of anilines is 1. The lowest BCUT2D eigenvalue weighted by molar-refractivity contribution is -0.121. The van der Waals surface area contributed by atoms with Crippen LogP contribution in [0.3, 0.4) is 0 Å². The van der Waals surface area contributed by atoms with Gasteiger partial charge >= 0.3 is 0 Å².